The minimum atomic E-state index is -2.93. The number of hydrogen-bond acceptors (Lipinski definition) is 7. The molecule has 0 heterocycles. The summed E-state index contributed by atoms with van der Waals surface area (Å²) >= 11 is 0. The summed E-state index contributed by atoms with van der Waals surface area (Å²) in [6, 6.07) is 8.53. The number of carbonyl (C=O) groups is 2. The van der Waals surface area contributed by atoms with Crippen molar-refractivity contribution in [1.29, 1.82) is 0 Å². The van der Waals surface area contributed by atoms with E-state index < -0.39 is 36.3 Å². The summed E-state index contributed by atoms with van der Waals surface area (Å²) in [5.41, 5.74) is -2.31. The first-order valence-corrected chi connectivity index (χ1v) is 6.48. The van der Waals surface area contributed by atoms with Crippen LogP contribution in [0.25, 0.3) is 6.08 Å². The highest BCUT2D eigenvalue weighted by molar-refractivity contribution is 6.10. The number of aliphatic hydroxyl groups is 5. The van der Waals surface area contributed by atoms with Gasteiger partial charge in [-0.1, -0.05) is 36.4 Å². The van der Waals surface area contributed by atoms with Crippen molar-refractivity contribution in [2.45, 2.75) is 23.9 Å². The SMILES string of the molecule is O=C[C@@](O)(C(=O)C=Cc1ccccc1)[C@@H](O)[C@H](O)[C@H](O)CO. The second-order valence-corrected chi connectivity index (χ2v) is 4.74. The van der Waals surface area contributed by atoms with Crippen molar-refractivity contribution in [1.82, 2.24) is 0 Å². The second-order valence-electron chi connectivity index (χ2n) is 4.74. The molecule has 1 aromatic carbocycles. The maximum absolute atomic E-state index is 11.9. The van der Waals surface area contributed by atoms with Gasteiger partial charge in [-0.2, -0.15) is 0 Å². The molecule has 0 saturated heterocycles. The van der Waals surface area contributed by atoms with Gasteiger partial charge < -0.3 is 25.5 Å². The number of carbonyl (C=O) groups excluding carboxylic acids is 2. The monoisotopic (exact) mass is 310 g/mol. The third kappa shape index (κ3) is 4.06. The minimum absolute atomic E-state index is 0.220. The Balaban J connectivity index is 2.94. The zero-order valence-corrected chi connectivity index (χ0v) is 11.6. The van der Waals surface area contributed by atoms with Crippen molar-refractivity contribution in [3.05, 3.63) is 42.0 Å². The molecular formula is C15H18O7. The summed E-state index contributed by atoms with van der Waals surface area (Å²) in [7, 11) is 0. The van der Waals surface area contributed by atoms with Crippen LogP contribution in [-0.4, -0.2) is 68.1 Å². The number of ketones is 1. The van der Waals surface area contributed by atoms with Crippen LogP contribution in [0.3, 0.4) is 0 Å². The van der Waals surface area contributed by atoms with Gasteiger partial charge in [0.15, 0.2) is 12.1 Å². The standard InChI is InChI=1S/C15H18O7/c16-8-11(18)13(20)14(21)15(22,9-17)12(19)7-6-10-4-2-1-3-5-10/h1-7,9,11,13-14,16,18,20-22H,8H2/t11-,13-,14+,15-/m1/s1. The molecule has 7 heteroatoms. The number of hydrogen-bond donors (Lipinski definition) is 5. The lowest BCUT2D eigenvalue weighted by atomic mass is 9.87. The van der Waals surface area contributed by atoms with Crippen molar-refractivity contribution < 1.29 is 35.1 Å². The highest BCUT2D eigenvalue weighted by Crippen LogP contribution is 2.17. The van der Waals surface area contributed by atoms with E-state index in [1.54, 1.807) is 30.3 Å². The zero-order chi connectivity index (χ0) is 16.8. The lowest BCUT2D eigenvalue weighted by Gasteiger charge is -2.30. The molecule has 0 unspecified atom stereocenters. The predicted octanol–water partition coefficient (Wildman–Crippen LogP) is -1.73. The Bertz CT molecular complexity index is 528. The van der Waals surface area contributed by atoms with Crippen LogP contribution >= 0.6 is 0 Å². The van der Waals surface area contributed by atoms with E-state index >= 15 is 0 Å². The summed E-state index contributed by atoms with van der Waals surface area (Å²) < 4.78 is 0. The minimum Gasteiger partial charge on any atom is -0.394 e. The van der Waals surface area contributed by atoms with E-state index in [0.717, 1.165) is 6.08 Å². The summed E-state index contributed by atoms with van der Waals surface area (Å²) in [6.45, 7) is -0.915. The van der Waals surface area contributed by atoms with Crippen LogP contribution in [0.15, 0.2) is 36.4 Å². The number of benzene rings is 1. The molecule has 22 heavy (non-hydrogen) atoms. The molecule has 0 aliphatic rings. The van der Waals surface area contributed by atoms with Gasteiger partial charge in [0.05, 0.1) is 6.61 Å². The Kier molecular flexibility index (Phi) is 6.54. The molecular weight excluding hydrogens is 292 g/mol. The topological polar surface area (TPSA) is 135 Å². The number of aliphatic hydroxyl groups excluding tert-OH is 4. The first kappa shape index (κ1) is 18.1. The Labute approximate surface area is 126 Å². The summed E-state index contributed by atoms with van der Waals surface area (Å²) in [6.07, 6.45) is -4.20. The van der Waals surface area contributed by atoms with Gasteiger partial charge >= 0.3 is 0 Å². The molecule has 0 bridgehead atoms. The van der Waals surface area contributed by atoms with Crippen molar-refractivity contribution in [3.63, 3.8) is 0 Å². The normalized spacial score (nSPS) is 18.4. The highest BCUT2D eigenvalue weighted by atomic mass is 16.4. The molecule has 5 N–H and O–H groups in total. The fraction of sp³-hybridized carbons (Fsp3) is 0.333. The molecule has 0 fully saturated rings. The van der Waals surface area contributed by atoms with Gasteiger partial charge in [0, 0.05) is 0 Å². The average molecular weight is 310 g/mol. The third-order valence-corrected chi connectivity index (χ3v) is 3.16. The lowest BCUT2D eigenvalue weighted by molar-refractivity contribution is -0.171. The highest BCUT2D eigenvalue weighted by Gasteiger charge is 2.47. The maximum Gasteiger partial charge on any atom is 0.211 e. The van der Waals surface area contributed by atoms with E-state index in [-0.39, 0.29) is 6.29 Å². The summed E-state index contributed by atoms with van der Waals surface area (Å²) in [4.78, 5) is 23.0. The smallest absolute Gasteiger partial charge is 0.211 e. The Morgan fingerprint density at radius 1 is 1.18 bits per heavy atom. The van der Waals surface area contributed by atoms with Gasteiger partial charge in [-0.3, -0.25) is 9.59 Å². The molecule has 0 radical (unpaired) electrons. The first-order valence-electron chi connectivity index (χ1n) is 6.48. The lowest BCUT2D eigenvalue weighted by Crippen LogP contribution is -2.58. The summed E-state index contributed by atoms with van der Waals surface area (Å²) in [5, 5.41) is 47.2. The van der Waals surface area contributed by atoms with E-state index in [9.17, 15) is 30.0 Å². The molecule has 120 valence electrons. The molecule has 4 atom stereocenters. The van der Waals surface area contributed by atoms with Crippen LogP contribution in [-0.2, 0) is 9.59 Å². The van der Waals surface area contributed by atoms with Crippen LogP contribution in [0, 0.1) is 0 Å². The zero-order valence-electron chi connectivity index (χ0n) is 11.6. The van der Waals surface area contributed by atoms with Crippen LogP contribution in [0.1, 0.15) is 5.56 Å². The van der Waals surface area contributed by atoms with E-state index in [0.29, 0.717) is 5.56 Å². The van der Waals surface area contributed by atoms with Crippen molar-refractivity contribution in [2.75, 3.05) is 6.61 Å². The molecule has 0 aliphatic heterocycles. The van der Waals surface area contributed by atoms with Gasteiger partial charge in [-0.25, -0.2) is 0 Å². The van der Waals surface area contributed by atoms with Gasteiger partial charge in [0.1, 0.15) is 18.3 Å². The Morgan fingerprint density at radius 3 is 2.27 bits per heavy atom. The van der Waals surface area contributed by atoms with Gasteiger partial charge in [-0.15, -0.1) is 0 Å². The molecule has 0 aromatic heterocycles. The molecule has 7 nitrogen and oxygen atoms in total. The first-order chi connectivity index (χ1) is 10.4. The van der Waals surface area contributed by atoms with E-state index in [4.69, 9.17) is 5.11 Å². The van der Waals surface area contributed by atoms with Gasteiger partial charge in [0.2, 0.25) is 5.60 Å². The molecule has 1 rings (SSSR count). The van der Waals surface area contributed by atoms with Crippen LogP contribution < -0.4 is 0 Å². The van der Waals surface area contributed by atoms with Crippen LogP contribution in [0.4, 0.5) is 0 Å². The Hall–Kier alpha value is -1.90. The molecule has 0 amide bonds. The number of rotatable bonds is 8. The van der Waals surface area contributed by atoms with Gasteiger partial charge in [-0.05, 0) is 11.6 Å². The maximum atomic E-state index is 11.9. The van der Waals surface area contributed by atoms with Gasteiger partial charge in [0.25, 0.3) is 0 Å². The molecule has 0 spiro atoms. The third-order valence-electron chi connectivity index (χ3n) is 3.16. The quantitative estimate of drug-likeness (QED) is 0.219. The fourth-order valence-electron chi connectivity index (χ4n) is 1.72. The van der Waals surface area contributed by atoms with Crippen molar-refractivity contribution >= 4 is 18.1 Å². The largest absolute Gasteiger partial charge is 0.394 e. The van der Waals surface area contributed by atoms with E-state index in [1.807, 2.05) is 0 Å². The molecule has 0 saturated carbocycles. The number of aldehydes is 1. The summed E-state index contributed by atoms with van der Waals surface area (Å²) in [5.74, 6) is -1.16. The van der Waals surface area contributed by atoms with Crippen LogP contribution in [0.5, 0.6) is 0 Å². The molecule has 0 aliphatic carbocycles. The predicted molar refractivity (Wildman–Crippen MR) is 76.6 cm³/mol. The molecule has 1 aromatic rings. The van der Waals surface area contributed by atoms with E-state index in [2.05, 4.69) is 0 Å². The average Bonchev–Trinajstić information content (AvgIpc) is 2.57. The second kappa shape index (κ2) is 7.92. The van der Waals surface area contributed by atoms with Crippen molar-refractivity contribution in [2.24, 2.45) is 0 Å². The van der Waals surface area contributed by atoms with E-state index in [1.165, 1.54) is 6.08 Å². The van der Waals surface area contributed by atoms with Crippen molar-refractivity contribution in [3.8, 4) is 0 Å². The Morgan fingerprint density at radius 2 is 1.77 bits per heavy atom. The fourth-order valence-corrected chi connectivity index (χ4v) is 1.72. The van der Waals surface area contributed by atoms with Crippen LogP contribution in [0.2, 0.25) is 0 Å².